The largest absolute Gasteiger partial charge is 0.472 e. The topological polar surface area (TPSA) is 237 Å². The molecule has 17 nitrogen and oxygen atoms in total. The first-order chi connectivity index (χ1) is 46.6. The first-order valence-corrected chi connectivity index (χ1v) is 43.2. The van der Waals surface area contributed by atoms with E-state index in [-0.39, 0.29) is 25.7 Å². The maximum absolute atomic E-state index is 13.1. The lowest BCUT2D eigenvalue weighted by atomic mass is 9.99. The summed E-state index contributed by atoms with van der Waals surface area (Å²) in [5.41, 5.74) is 0. The van der Waals surface area contributed by atoms with Gasteiger partial charge in [0.05, 0.1) is 26.4 Å². The predicted molar refractivity (Wildman–Crippen MR) is 395 cm³/mol. The van der Waals surface area contributed by atoms with E-state index in [1.807, 2.05) is 0 Å². The van der Waals surface area contributed by atoms with Crippen LogP contribution in [0, 0.1) is 23.7 Å². The minimum absolute atomic E-state index is 0.102. The standard InChI is InChI=1S/C78H152O17P2/c1-9-71(8)57-49-41-31-27-23-19-16-17-20-24-28-32-42-50-58-75(80)88-64-74(95-78(83)61-53-45-37-35-40-48-56-70(6)7)67-93-97(86,87)91-63-72(79)62-90-96(84,85)92-66-73(65-89-76(81)59-51-43-36-34-39-47-55-69(4)5)94-77(82)60-52-44-33-29-25-21-15-13-11-10-12-14-18-22-26-30-38-46-54-68(2)3/h68-74,79H,9-67H2,1-8H3,(H,84,85)(H,86,87)/t71?,72?,73-,74-/m1/s1. The van der Waals surface area contributed by atoms with Gasteiger partial charge in [-0.05, 0) is 49.4 Å². The number of aliphatic hydroxyl groups is 1. The van der Waals surface area contributed by atoms with Gasteiger partial charge in [0.25, 0.3) is 0 Å². The van der Waals surface area contributed by atoms with Gasteiger partial charge in [-0.25, -0.2) is 9.13 Å². The van der Waals surface area contributed by atoms with Crippen LogP contribution in [-0.2, 0) is 65.4 Å². The minimum Gasteiger partial charge on any atom is -0.462 e. The molecule has 576 valence electrons. The fraction of sp³-hybridized carbons (Fsp3) is 0.949. The minimum atomic E-state index is -4.96. The van der Waals surface area contributed by atoms with Gasteiger partial charge in [0.15, 0.2) is 12.2 Å². The molecular weight excluding hydrogens is 1270 g/mol. The number of hydrogen-bond acceptors (Lipinski definition) is 15. The molecule has 3 N–H and O–H groups in total. The van der Waals surface area contributed by atoms with E-state index in [9.17, 15) is 43.2 Å². The number of phosphoric ester groups is 2. The zero-order valence-corrected chi connectivity index (χ0v) is 65.5. The Labute approximate surface area is 594 Å². The third-order valence-corrected chi connectivity index (χ3v) is 20.3. The molecule has 0 aliphatic rings. The van der Waals surface area contributed by atoms with Crippen LogP contribution in [0.4, 0.5) is 0 Å². The number of unbranched alkanes of at least 4 members (excludes halogenated alkanes) is 40. The molecule has 97 heavy (non-hydrogen) atoms. The van der Waals surface area contributed by atoms with Crippen LogP contribution >= 0.6 is 15.6 Å². The van der Waals surface area contributed by atoms with Crippen LogP contribution in [0.1, 0.15) is 396 Å². The number of rotatable bonds is 75. The molecule has 0 aromatic rings. The van der Waals surface area contributed by atoms with Gasteiger partial charge in [-0.3, -0.25) is 37.3 Å². The molecule has 6 atom stereocenters. The summed E-state index contributed by atoms with van der Waals surface area (Å²) in [6.45, 7) is 14.1. The number of esters is 4. The van der Waals surface area contributed by atoms with E-state index in [1.165, 1.54) is 193 Å². The Morgan fingerprint density at radius 2 is 0.495 bits per heavy atom. The molecular formula is C78H152O17P2. The summed E-state index contributed by atoms with van der Waals surface area (Å²) >= 11 is 0. The van der Waals surface area contributed by atoms with E-state index in [2.05, 4.69) is 55.4 Å². The maximum atomic E-state index is 13.1. The Bertz CT molecular complexity index is 1900. The monoisotopic (exact) mass is 1420 g/mol. The second kappa shape index (κ2) is 67.2. The van der Waals surface area contributed by atoms with Crippen molar-refractivity contribution in [3.63, 3.8) is 0 Å². The van der Waals surface area contributed by atoms with Crippen LogP contribution in [0.3, 0.4) is 0 Å². The van der Waals surface area contributed by atoms with Crippen LogP contribution in [0.5, 0.6) is 0 Å². The van der Waals surface area contributed by atoms with Crippen LogP contribution in [-0.4, -0.2) is 96.7 Å². The van der Waals surface area contributed by atoms with Crippen molar-refractivity contribution in [3.8, 4) is 0 Å². The molecule has 0 aromatic carbocycles. The maximum Gasteiger partial charge on any atom is 0.472 e. The van der Waals surface area contributed by atoms with E-state index in [0.717, 1.165) is 108 Å². The van der Waals surface area contributed by atoms with E-state index in [1.54, 1.807) is 0 Å². The van der Waals surface area contributed by atoms with Gasteiger partial charge in [0, 0.05) is 25.7 Å². The number of hydrogen-bond donors (Lipinski definition) is 3. The molecule has 0 spiro atoms. The molecule has 0 saturated carbocycles. The van der Waals surface area contributed by atoms with Crippen molar-refractivity contribution in [2.24, 2.45) is 23.7 Å². The summed E-state index contributed by atoms with van der Waals surface area (Å²) < 4.78 is 68.5. The molecule has 0 fully saturated rings. The predicted octanol–water partition coefficient (Wildman–Crippen LogP) is 22.8. The number of ether oxygens (including phenoxy) is 4. The average Bonchev–Trinajstić information content (AvgIpc) is 2.33. The summed E-state index contributed by atoms with van der Waals surface area (Å²) in [7, 11) is -9.91. The lowest BCUT2D eigenvalue weighted by molar-refractivity contribution is -0.161. The smallest absolute Gasteiger partial charge is 0.462 e. The van der Waals surface area contributed by atoms with E-state index < -0.39 is 97.5 Å². The molecule has 0 rings (SSSR count). The van der Waals surface area contributed by atoms with Crippen LogP contribution in [0.2, 0.25) is 0 Å². The first kappa shape index (κ1) is 95.1. The summed E-state index contributed by atoms with van der Waals surface area (Å²) in [5, 5.41) is 10.6. The quantitative estimate of drug-likeness (QED) is 0.0222. The van der Waals surface area contributed by atoms with Crippen molar-refractivity contribution < 1.29 is 80.2 Å². The van der Waals surface area contributed by atoms with E-state index >= 15 is 0 Å². The molecule has 0 aliphatic heterocycles. The summed E-state index contributed by atoms with van der Waals surface area (Å²) in [6, 6.07) is 0. The molecule has 0 radical (unpaired) electrons. The number of carbonyl (C=O) groups excluding carboxylic acids is 4. The molecule has 0 bridgehead atoms. The van der Waals surface area contributed by atoms with Crippen molar-refractivity contribution in [3.05, 3.63) is 0 Å². The Hall–Kier alpha value is -1.94. The lowest BCUT2D eigenvalue weighted by Crippen LogP contribution is -2.30. The van der Waals surface area contributed by atoms with Crippen LogP contribution < -0.4 is 0 Å². The molecule has 19 heteroatoms. The second-order valence-electron chi connectivity index (χ2n) is 29.8. The molecule has 4 unspecified atom stereocenters. The van der Waals surface area contributed by atoms with Gasteiger partial charge >= 0.3 is 39.5 Å². The zero-order chi connectivity index (χ0) is 71.7. The SMILES string of the molecule is CCC(C)CCCCCCCCCCCCCCCCC(=O)OC[C@H](COP(=O)(O)OCC(O)COP(=O)(O)OC[C@@H](COC(=O)CCCCCCCCC(C)C)OC(=O)CCCCCCCCCCCCCCCCCCCCC(C)C)OC(=O)CCCCCCCCC(C)C. The fourth-order valence-corrected chi connectivity index (χ4v) is 13.5. The zero-order valence-electron chi connectivity index (χ0n) is 63.7. The average molecular weight is 1420 g/mol. The lowest BCUT2D eigenvalue weighted by Gasteiger charge is -2.21. The van der Waals surface area contributed by atoms with E-state index in [0.29, 0.717) is 37.5 Å². The molecule has 0 heterocycles. The first-order valence-electron chi connectivity index (χ1n) is 40.2. The molecule has 0 aliphatic carbocycles. The van der Waals surface area contributed by atoms with Gasteiger partial charge in [-0.1, -0.05) is 344 Å². The van der Waals surface area contributed by atoms with Crippen LogP contribution in [0.25, 0.3) is 0 Å². The Morgan fingerprint density at radius 1 is 0.289 bits per heavy atom. The highest BCUT2D eigenvalue weighted by molar-refractivity contribution is 7.47. The molecule has 0 amide bonds. The normalized spacial score (nSPS) is 14.4. The van der Waals surface area contributed by atoms with Gasteiger partial charge in [-0.2, -0.15) is 0 Å². The number of carbonyl (C=O) groups is 4. The fourth-order valence-electron chi connectivity index (χ4n) is 11.9. The summed E-state index contributed by atoms with van der Waals surface area (Å²) in [5.74, 6) is 0.893. The molecule has 0 aromatic heterocycles. The second-order valence-corrected chi connectivity index (χ2v) is 32.7. The van der Waals surface area contributed by atoms with Crippen molar-refractivity contribution in [2.45, 2.75) is 414 Å². The Kier molecular flexibility index (Phi) is 65.9. The van der Waals surface area contributed by atoms with Gasteiger partial charge in [0.1, 0.15) is 19.3 Å². The van der Waals surface area contributed by atoms with Crippen molar-refractivity contribution in [1.29, 1.82) is 0 Å². The third kappa shape index (κ3) is 70.9. The summed E-state index contributed by atoms with van der Waals surface area (Å²) in [4.78, 5) is 72.7. The van der Waals surface area contributed by atoms with Gasteiger partial charge in [-0.15, -0.1) is 0 Å². The number of aliphatic hydroxyl groups excluding tert-OH is 1. The van der Waals surface area contributed by atoms with Gasteiger partial charge < -0.3 is 33.8 Å². The van der Waals surface area contributed by atoms with Crippen LogP contribution in [0.15, 0.2) is 0 Å². The van der Waals surface area contributed by atoms with Crippen molar-refractivity contribution >= 4 is 39.5 Å². The van der Waals surface area contributed by atoms with E-state index in [4.69, 9.17) is 37.0 Å². The highest BCUT2D eigenvalue weighted by Crippen LogP contribution is 2.45. The Morgan fingerprint density at radius 3 is 0.732 bits per heavy atom. The highest BCUT2D eigenvalue weighted by Gasteiger charge is 2.30. The highest BCUT2D eigenvalue weighted by atomic mass is 31.2. The summed E-state index contributed by atoms with van der Waals surface area (Å²) in [6.07, 6.45) is 53.2. The molecule has 0 saturated heterocycles. The third-order valence-electron chi connectivity index (χ3n) is 18.4. The number of phosphoric acid groups is 2. The Balaban J connectivity index is 5.11. The van der Waals surface area contributed by atoms with Crippen molar-refractivity contribution in [1.82, 2.24) is 0 Å². The van der Waals surface area contributed by atoms with Crippen molar-refractivity contribution in [2.75, 3.05) is 39.6 Å². The van der Waals surface area contributed by atoms with Gasteiger partial charge in [0.2, 0.25) is 0 Å².